The SMILES string of the molecule is CCC(NC(=O)OC(C)(C)C)c1csc(C=O)n1. The summed E-state index contributed by atoms with van der Waals surface area (Å²) in [5, 5.41) is 4.93. The molecule has 1 aromatic heterocycles. The Morgan fingerprint density at radius 3 is 2.72 bits per heavy atom. The van der Waals surface area contributed by atoms with Gasteiger partial charge in [0.1, 0.15) is 5.60 Å². The first-order chi connectivity index (χ1) is 8.35. The molecule has 5 nitrogen and oxygen atoms in total. The quantitative estimate of drug-likeness (QED) is 0.854. The van der Waals surface area contributed by atoms with Crippen molar-refractivity contribution in [2.75, 3.05) is 0 Å². The highest BCUT2D eigenvalue weighted by molar-refractivity contribution is 7.11. The van der Waals surface area contributed by atoms with Crippen molar-refractivity contribution in [1.82, 2.24) is 10.3 Å². The van der Waals surface area contributed by atoms with E-state index in [1.54, 1.807) is 26.2 Å². The molecule has 1 N–H and O–H groups in total. The van der Waals surface area contributed by atoms with E-state index in [4.69, 9.17) is 4.74 Å². The Bertz CT molecular complexity index is 423. The zero-order chi connectivity index (χ0) is 13.8. The van der Waals surface area contributed by atoms with Crippen molar-refractivity contribution < 1.29 is 14.3 Å². The lowest BCUT2D eigenvalue weighted by atomic mass is 10.2. The Hall–Kier alpha value is -1.43. The molecule has 0 saturated carbocycles. The third-order valence-corrected chi connectivity index (χ3v) is 2.89. The van der Waals surface area contributed by atoms with E-state index in [0.717, 1.165) is 0 Å². The van der Waals surface area contributed by atoms with Crippen LogP contribution in [0.25, 0.3) is 0 Å². The van der Waals surface area contributed by atoms with Gasteiger partial charge in [-0.1, -0.05) is 6.92 Å². The molecule has 0 aliphatic carbocycles. The highest BCUT2D eigenvalue weighted by Gasteiger charge is 2.20. The molecule has 1 amide bonds. The normalized spacial score (nSPS) is 12.9. The predicted octanol–water partition coefficient (Wildman–Crippen LogP) is 2.93. The summed E-state index contributed by atoms with van der Waals surface area (Å²) in [6, 6.07) is -0.232. The van der Waals surface area contributed by atoms with Crippen molar-refractivity contribution in [3.63, 3.8) is 0 Å². The first-order valence-electron chi connectivity index (χ1n) is 5.76. The lowest BCUT2D eigenvalue weighted by Gasteiger charge is -2.22. The van der Waals surface area contributed by atoms with Crippen LogP contribution in [-0.2, 0) is 4.74 Å². The second-order valence-corrected chi connectivity index (χ2v) is 5.73. The number of hydrogen-bond acceptors (Lipinski definition) is 5. The monoisotopic (exact) mass is 270 g/mol. The van der Waals surface area contributed by atoms with Crippen molar-refractivity contribution in [3.05, 3.63) is 16.1 Å². The van der Waals surface area contributed by atoms with Gasteiger partial charge in [0.25, 0.3) is 0 Å². The van der Waals surface area contributed by atoms with Crippen LogP contribution in [0.3, 0.4) is 0 Å². The second kappa shape index (κ2) is 5.95. The topological polar surface area (TPSA) is 68.3 Å². The van der Waals surface area contributed by atoms with Crippen molar-refractivity contribution >= 4 is 23.7 Å². The summed E-state index contributed by atoms with van der Waals surface area (Å²) in [7, 11) is 0. The smallest absolute Gasteiger partial charge is 0.408 e. The van der Waals surface area contributed by atoms with Gasteiger partial charge in [-0.3, -0.25) is 4.79 Å². The Balaban J connectivity index is 2.67. The van der Waals surface area contributed by atoms with Crippen LogP contribution in [0.1, 0.15) is 55.7 Å². The summed E-state index contributed by atoms with van der Waals surface area (Å²) < 4.78 is 5.18. The molecule has 100 valence electrons. The summed E-state index contributed by atoms with van der Waals surface area (Å²) in [5.41, 5.74) is 0.161. The number of rotatable bonds is 4. The average Bonchev–Trinajstić information content (AvgIpc) is 2.71. The number of ether oxygens (including phenoxy) is 1. The minimum Gasteiger partial charge on any atom is -0.444 e. The van der Waals surface area contributed by atoms with Crippen molar-refractivity contribution in [1.29, 1.82) is 0 Å². The summed E-state index contributed by atoms with van der Waals surface area (Å²) in [6.07, 6.45) is 0.908. The first kappa shape index (κ1) is 14.6. The zero-order valence-corrected chi connectivity index (χ0v) is 11.8. The molecule has 0 radical (unpaired) electrons. The molecular weight excluding hydrogens is 252 g/mol. The molecule has 0 aromatic carbocycles. The molecular formula is C12H18N2O3S. The fourth-order valence-corrected chi connectivity index (χ4v) is 2.02. The third kappa shape index (κ3) is 4.44. The van der Waals surface area contributed by atoms with Gasteiger partial charge in [-0.15, -0.1) is 11.3 Å². The van der Waals surface area contributed by atoms with Gasteiger partial charge < -0.3 is 10.1 Å². The van der Waals surface area contributed by atoms with Crippen LogP contribution >= 0.6 is 11.3 Å². The zero-order valence-electron chi connectivity index (χ0n) is 11.0. The molecule has 0 saturated heterocycles. The van der Waals surface area contributed by atoms with Crippen LogP contribution in [0.5, 0.6) is 0 Å². The third-order valence-electron chi connectivity index (χ3n) is 2.10. The largest absolute Gasteiger partial charge is 0.444 e. The first-order valence-corrected chi connectivity index (χ1v) is 6.63. The number of nitrogens with one attached hydrogen (secondary N) is 1. The average molecular weight is 270 g/mol. The van der Waals surface area contributed by atoms with E-state index in [-0.39, 0.29) is 6.04 Å². The molecule has 0 aliphatic heterocycles. The van der Waals surface area contributed by atoms with Crippen LogP contribution in [0, 0.1) is 0 Å². The lowest BCUT2D eigenvalue weighted by molar-refractivity contribution is 0.0501. The molecule has 0 fully saturated rings. The van der Waals surface area contributed by atoms with Crippen LogP contribution in [0.2, 0.25) is 0 Å². The minimum absolute atomic E-state index is 0.232. The van der Waals surface area contributed by atoms with Gasteiger partial charge in [0, 0.05) is 5.38 Å². The van der Waals surface area contributed by atoms with Gasteiger partial charge in [-0.05, 0) is 27.2 Å². The van der Waals surface area contributed by atoms with Crippen LogP contribution < -0.4 is 5.32 Å². The highest BCUT2D eigenvalue weighted by atomic mass is 32.1. The predicted molar refractivity (Wildman–Crippen MR) is 69.9 cm³/mol. The number of alkyl carbamates (subject to hydrolysis) is 1. The molecule has 18 heavy (non-hydrogen) atoms. The van der Waals surface area contributed by atoms with Gasteiger partial charge in [-0.25, -0.2) is 9.78 Å². The molecule has 1 aromatic rings. The number of carbonyl (C=O) groups is 2. The van der Waals surface area contributed by atoms with Crippen molar-refractivity contribution in [2.24, 2.45) is 0 Å². The van der Waals surface area contributed by atoms with Crippen molar-refractivity contribution in [3.8, 4) is 0 Å². The molecule has 0 aliphatic rings. The van der Waals surface area contributed by atoms with Gasteiger partial charge >= 0.3 is 6.09 Å². The molecule has 1 heterocycles. The number of nitrogens with zero attached hydrogens (tertiary/aromatic N) is 1. The van der Waals surface area contributed by atoms with Crippen molar-refractivity contribution in [2.45, 2.75) is 45.8 Å². The summed E-state index contributed by atoms with van der Waals surface area (Å²) in [6.45, 7) is 7.35. The molecule has 6 heteroatoms. The standard InChI is InChI=1S/C12H18N2O3S/c1-5-8(9-7-18-10(6-15)13-9)14-11(16)17-12(2,3)4/h6-8H,5H2,1-4H3,(H,14,16). The maximum absolute atomic E-state index is 11.7. The fourth-order valence-electron chi connectivity index (χ4n) is 1.35. The molecule has 1 rings (SSSR count). The second-order valence-electron chi connectivity index (χ2n) is 4.84. The van der Waals surface area contributed by atoms with Gasteiger partial charge in [0.05, 0.1) is 11.7 Å². The Kier molecular flexibility index (Phi) is 4.84. The maximum atomic E-state index is 11.7. The Morgan fingerprint density at radius 1 is 1.61 bits per heavy atom. The molecule has 0 bridgehead atoms. The molecule has 1 atom stereocenters. The van der Waals surface area contributed by atoms with E-state index in [1.165, 1.54) is 11.3 Å². The molecule has 0 spiro atoms. The highest BCUT2D eigenvalue weighted by Crippen LogP contribution is 2.19. The Morgan fingerprint density at radius 2 is 2.28 bits per heavy atom. The number of aromatic nitrogens is 1. The number of aldehydes is 1. The number of amides is 1. The van der Waals surface area contributed by atoms with E-state index >= 15 is 0 Å². The van der Waals surface area contributed by atoms with E-state index in [1.807, 2.05) is 6.92 Å². The number of carbonyl (C=O) groups excluding carboxylic acids is 2. The van der Waals surface area contributed by atoms with E-state index < -0.39 is 11.7 Å². The van der Waals surface area contributed by atoms with E-state index in [0.29, 0.717) is 23.4 Å². The fraction of sp³-hybridized carbons (Fsp3) is 0.583. The van der Waals surface area contributed by atoms with Gasteiger partial charge in [0.2, 0.25) is 0 Å². The number of hydrogen-bond donors (Lipinski definition) is 1. The maximum Gasteiger partial charge on any atom is 0.408 e. The summed E-state index contributed by atoms with van der Waals surface area (Å²) >= 11 is 1.26. The minimum atomic E-state index is -0.529. The van der Waals surface area contributed by atoms with Gasteiger partial charge in [0.15, 0.2) is 11.3 Å². The molecule has 1 unspecified atom stereocenters. The summed E-state index contributed by atoms with van der Waals surface area (Å²) in [5.74, 6) is 0. The number of thiazole rings is 1. The lowest BCUT2D eigenvalue weighted by Crippen LogP contribution is -2.34. The van der Waals surface area contributed by atoms with Crippen LogP contribution in [0.4, 0.5) is 4.79 Å². The van der Waals surface area contributed by atoms with E-state index in [9.17, 15) is 9.59 Å². The van der Waals surface area contributed by atoms with E-state index in [2.05, 4.69) is 10.3 Å². The van der Waals surface area contributed by atoms with Crippen LogP contribution in [0.15, 0.2) is 5.38 Å². The Labute approximate surface area is 111 Å². The van der Waals surface area contributed by atoms with Gasteiger partial charge in [-0.2, -0.15) is 0 Å². The van der Waals surface area contributed by atoms with Crippen LogP contribution in [-0.4, -0.2) is 23.0 Å². The summed E-state index contributed by atoms with van der Waals surface area (Å²) in [4.78, 5) is 26.4.